The summed E-state index contributed by atoms with van der Waals surface area (Å²) in [5.41, 5.74) is 0. The van der Waals surface area contributed by atoms with Crippen molar-refractivity contribution in [2.75, 3.05) is 0 Å². The first-order valence-electron chi connectivity index (χ1n) is 3.10. The molecular formula is C6H11NO3. The highest BCUT2D eigenvalue weighted by atomic mass is 16.6. The standard InChI is InChI=1S/C6H11NO3/c1-4(2)6(5(3)8)7(9)10/h4,6H,1-3H3. The van der Waals surface area contributed by atoms with E-state index < -0.39 is 11.0 Å². The van der Waals surface area contributed by atoms with Gasteiger partial charge in [0.05, 0.1) is 0 Å². The van der Waals surface area contributed by atoms with Gasteiger partial charge in [0.25, 0.3) is 6.04 Å². The number of hydrogen-bond donors (Lipinski definition) is 0. The van der Waals surface area contributed by atoms with Gasteiger partial charge < -0.3 is 0 Å². The first-order valence-corrected chi connectivity index (χ1v) is 3.10. The summed E-state index contributed by atoms with van der Waals surface area (Å²) < 4.78 is 0. The van der Waals surface area contributed by atoms with Crippen molar-refractivity contribution in [3.05, 3.63) is 10.1 Å². The Kier molecular flexibility index (Phi) is 2.99. The highest BCUT2D eigenvalue weighted by Crippen LogP contribution is 2.05. The van der Waals surface area contributed by atoms with E-state index >= 15 is 0 Å². The molecule has 0 fully saturated rings. The molecule has 0 heterocycles. The second kappa shape index (κ2) is 3.29. The summed E-state index contributed by atoms with van der Waals surface area (Å²) in [4.78, 5) is 20.2. The van der Waals surface area contributed by atoms with Crippen LogP contribution in [0.1, 0.15) is 20.8 Å². The van der Waals surface area contributed by atoms with Gasteiger partial charge in [0.2, 0.25) is 5.78 Å². The van der Waals surface area contributed by atoms with Crippen molar-refractivity contribution in [2.45, 2.75) is 26.8 Å². The van der Waals surface area contributed by atoms with Crippen molar-refractivity contribution in [1.82, 2.24) is 0 Å². The number of rotatable bonds is 3. The van der Waals surface area contributed by atoms with E-state index in [0.717, 1.165) is 0 Å². The Morgan fingerprint density at radius 3 is 1.90 bits per heavy atom. The Hall–Kier alpha value is -0.930. The summed E-state index contributed by atoms with van der Waals surface area (Å²) in [7, 11) is 0. The molecular weight excluding hydrogens is 134 g/mol. The zero-order valence-electron chi connectivity index (χ0n) is 6.33. The lowest BCUT2D eigenvalue weighted by atomic mass is 10.0. The van der Waals surface area contributed by atoms with Crippen molar-refractivity contribution >= 4 is 5.78 Å². The van der Waals surface area contributed by atoms with Crippen LogP contribution in [-0.4, -0.2) is 16.7 Å². The fraction of sp³-hybridized carbons (Fsp3) is 0.833. The normalized spacial score (nSPS) is 13.2. The molecule has 10 heavy (non-hydrogen) atoms. The number of nitrogens with zero attached hydrogens (tertiary/aromatic N) is 1. The topological polar surface area (TPSA) is 60.2 Å². The number of Topliss-reactive ketones (excluding diaryl/α,β-unsaturated/α-hetero) is 1. The molecule has 4 heteroatoms. The molecule has 0 aromatic heterocycles. The highest BCUT2D eigenvalue weighted by Gasteiger charge is 2.29. The molecule has 0 aromatic rings. The van der Waals surface area contributed by atoms with E-state index in [1.165, 1.54) is 6.92 Å². The Morgan fingerprint density at radius 1 is 1.50 bits per heavy atom. The molecule has 0 bridgehead atoms. The molecule has 1 unspecified atom stereocenters. The Labute approximate surface area is 59.4 Å². The van der Waals surface area contributed by atoms with Crippen LogP contribution in [0.2, 0.25) is 0 Å². The Balaban J connectivity index is 4.27. The summed E-state index contributed by atoms with van der Waals surface area (Å²) in [5, 5.41) is 10.2. The molecule has 58 valence electrons. The molecule has 0 aromatic carbocycles. The number of nitro groups is 1. The lowest BCUT2D eigenvalue weighted by Crippen LogP contribution is -2.32. The number of hydrogen-bond acceptors (Lipinski definition) is 3. The Morgan fingerprint density at radius 2 is 1.90 bits per heavy atom. The van der Waals surface area contributed by atoms with Gasteiger partial charge in [-0.15, -0.1) is 0 Å². The predicted molar refractivity (Wildman–Crippen MR) is 36.3 cm³/mol. The maximum absolute atomic E-state index is 10.6. The smallest absolute Gasteiger partial charge is 0.272 e. The summed E-state index contributed by atoms with van der Waals surface area (Å²) in [5.74, 6) is -0.590. The maximum atomic E-state index is 10.6. The average molecular weight is 145 g/mol. The first-order chi connectivity index (χ1) is 4.46. The number of carbonyl (C=O) groups is 1. The van der Waals surface area contributed by atoms with E-state index in [1.54, 1.807) is 13.8 Å². The summed E-state index contributed by atoms with van der Waals surface area (Å²) in [6.07, 6.45) is 0. The highest BCUT2D eigenvalue weighted by molar-refractivity contribution is 5.80. The molecule has 0 saturated heterocycles. The van der Waals surface area contributed by atoms with Crippen LogP contribution < -0.4 is 0 Å². The van der Waals surface area contributed by atoms with E-state index in [-0.39, 0.29) is 11.7 Å². The van der Waals surface area contributed by atoms with Crippen LogP contribution in [0.15, 0.2) is 0 Å². The molecule has 0 amide bonds. The van der Waals surface area contributed by atoms with Gasteiger partial charge in [0.15, 0.2) is 0 Å². The number of carbonyl (C=O) groups excluding carboxylic acids is 1. The van der Waals surface area contributed by atoms with Crippen molar-refractivity contribution < 1.29 is 9.72 Å². The van der Waals surface area contributed by atoms with E-state index in [1.807, 2.05) is 0 Å². The molecule has 4 nitrogen and oxygen atoms in total. The fourth-order valence-electron chi connectivity index (χ4n) is 0.861. The fourth-order valence-corrected chi connectivity index (χ4v) is 0.861. The quantitative estimate of drug-likeness (QED) is 0.437. The van der Waals surface area contributed by atoms with Crippen molar-refractivity contribution in [3.63, 3.8) is 0 Å². The lowest BCUT2D eigenvalue weighted by Gasteiger charge is -2.07. The second-order valence-electron chi connectivity index (χ2n) is 2.58. The summed E-state index contributed by atoms with van der Waals surface area (Å²) in [6, 6.07) is -1.03. The van der Waals surface area contributed by atoms with E-state index in [9.17, 15) is 14.9 Å². The molecule has 1 atom stereocenters. The lowest BCUT2D eigenvalue weighted by molar-refractivity contribution is -0.514. The summed E-state index contributed by atoms with van der Waals surface area (Å²) >= 11 is 0. The van der Waals surface area contributed by atoms with Crippen molar-refractivity contribution in [1.29, 1.82) is 0 Å². The van der Waals surface area contributed by atoms with E-state index in [0.29, 0.717) is 0 Å². The van der Waals surface area contributed by atoms with Gasteiger partial charge in [0.1, 0.15) is 0 Å². The van der Waals surface area contributed by atoms with Crippen LogP contribution in [-0.2, 0) is 4.79 Å². The largest absolute Gasteiger partial charge is 0.292 e. The molecule has 0 saturated carbocycles. The third-order valence-corrected chi connectivity index (χ3v) is 1.28. The third-order valence-electron chi connectivity index (χ3n) is 1.28. The van der Waals surface area contributed by atoms with Gasteiger partial charge in [-0.05, 0) is 0 Å². The zero-order valence-corrected chi connectivity index (χ0v) is 6.33. The third kappa shape index (κ3) is 2.13. The van der Waals surface area contributed by atoms with Gasteiger partial charge in [-0.3, -0.25) is 14.9 Å². The van der Waals surface area contributed by atoms with Crippen LogP contribution >= 0.6 is 0 Å². The van der Waals surface area contributed by atoms with Crippen molar-refractivity contribution in [2.24, 2.45) is 5.92 Å². The van der Waals surface area contributed by atoms with Crippen LogP contribution in [0, 0.1) is 16.0 Å². The van der Waals surface area contributed by atoms with Crippen molar-refractivity contribution in [3.8, 4) is 0 Å². The molecule has 0 radical (unpaired) electrons. The first kappa shape index (κ1) is 9.07. The van der Waals surface area contributed by atoms with Crippen LogP contribution in [0.4, 0.5) is 0 Å². The number of ketones is 1. The van der Waals surface area contributed by atoms with E-state index in [4.69, 9.17) is 0 Å². The molecule has 0 N–H and O–H groups in total. The SMILES string of the molecule is CC(=O)C(C(C)C)[N+](=O)[O-]. The molecule has 0 spiro atoms. The van der Waals surface area contributed by atoms with Gasteiger partial charge in [0, 0.05) is 17.8 Å². The Bertz CT molecular complexity index is 139. The molecule has 0 aliphatic heterocycles. The predicted octanol–water partition coefficient (Wildman–Crippen LogP) is 0.877. The monoisotopic (exact) mass is 145 g/mol. The average Bonchev–Trinajstić information content (AvgIpc) is 1.59. The summed E-state index contributed by atoms with van der Waals surface area (Å²) in [6.45, 7) is 4.57. The van der Waals surface area contributed by atoms with Gasteiger partial charge in [-0.25, -0.2) is 0 Å². The molecule has 0 rings (SSSR count). The van der Waals surface area contributed by atoms with Gasteiger partial charge in [-0.2, -0.15) is 0 Å². The minimum absolute atomic E-state index is 0.215. The van der Waals surface area contributed by atoms with E-state index in [2.05, 4.69) is 0 Å². The van der Waals surface area contributed by atoms with Crippen LogP contribution in [0.25, 0.3) is 0 Å². The van der Waals surface area contributed by atoms with Gasteiger partial charge >= 0.3 is 0 Å². The molecule has 0 aliphatic rings. The minimum atomic E-state index is -1.03. The maximum Gasteiger partial charge on any atom is 0.272 e. The van der Waals surface area contributed by atoms with Crippen LogP contribution in [0.5, 0.6) is 0 Å². The van der Waals surface area contributed by atoms with Gasteiger partial charge in [-0.1, -0.05) is 13.8 Å². The zero-order chi connectivity index (χ0) is 8.31. The second-order valence-corrected chi connectivity index (χ2v) is 2.58. The molecule has 0 aliphatic carbocycles. The van der Waals surface area contributed by atoms with Crippen LogP contribution in [0.3, 0.4) is 0 Å². The minimum Gasteiger partial charge on any atom is -0.292 e.